The van der Waals surface area contributed by atoms with Crippen molar-refractivity contribution in [1.82, 2.24) is 0 Å². The summed E-state index contributed by atoms with van der Waals surface area (Å²) in [6, 6.07) is 3.41. The van der Waals surface area contributed by atoms with Crippen molar-refractivity contribution in [2.75, 3.05) is 6.79 Å². The Morgan fingerprint density at radius 3 is 2.70 bits per heavy atom. The first-order chi connectivity index (χ1) is 9.28. The summed E-state index contributed by atoms with van der Waals surface area (Å²) in [6.45, 7) is 2.97. The summed E-state index contributed by atoms with van der Waals surface area (Å²) in [6.07, 6.45) is 1.69. The summed E-state index contributed by atoms with van der Waals surface area (Å²) in [5, 5.41) is 0. The minimum absolute atomic E-state index is 0.00635. The summed E-state index contributed by atoms with van der Waals surface area (Å²) in [5.41, 5.74) is 0.948. The molecule has 7 nitrogen and oxygen atoms in total. The number of hydrogen-bond donors (Lipinski definition) is 0. The largest absolute Gasteiger partial charge is 0.454 e. The van der Waals surface area contributed by atoms with E-state index in [4.69, 9.17) is 14.2 Å². The van der Waals surface area contributed by atoms with Gasteiger partial charge in [0, 0.05) is 6.92 Å². The van der Waals surface area contributed by atoms with Crippen LogP contribution in [0.2, 0.25) is 0 Å². The molecular formula is C12H11ClO7. The topological polar surface area (TPSA) is 106 Å². The molecule has 1 unspecified atom stereocenters. The Morgan fingerprint density at radius 2 is 2.00 bits per heavy atom. The molecule has 1 atom stereocenters. The van der Waals surface area contributed by atoms with Crippen molar-refractivity contribution in [2.45, 2.75) is 19.6 Å². The fourth-order valence-corrected chi connectivity index (χ4v) is 2.89. The van der Waals surface area contributed by atoms with Crippen LogP contribution in [0.1, 0.15) is 25.0 Å². The van der Waals surface area contributed by atoms with E-state index in [1.165, 1.54) is 6.92 Å². The zero-order valence-electron chi connectivity index (χ0n) is 10.7. The summed E-state index contributed by atoms with van der Waals surface area (Å²) in [4.78, 5) is 0. The highest BCUT2D eigenvalue weighted by atomic mass is 35.7. The normalized spacial score (nSPS) is 23.9. The lowest BCUT2D eigenvalue weighted by molar-refractivity contribution is -1.92. The number of allylic oxidation sites excluding steroid dienone is 1. The Balaban J connectivity index is 2.17. The molecule has 3 rings (SSSR count). The first-order valence-electron chi connectivity index (χ1n) is 5.70. The molecule has 2 heterocycles. The van der Waals surface area contributed by atoms with Crippen LogP contribution in [0.5, 0.6) is 11.5 Å². The predicted molar refractivity (Wildman–Crippen MR) is 55.7 cm³/mol. The van der Waals surface area contributed by atoms with E-state index in [9.17, 15) is 14.0 Å². The van der Waals surface area contributed by atoms with E-state index in [0.29, 0.717) is 28.4 Å². The first-order valence-corrected chi connectivity index (χ1v) is 6.94. The molecule has 2 aliphatic heterocycles. The molecule has 2 aliphatic rings. The second-order valence-electron chi connectivity index (χ2n) is 4.52. The van der Waals surface area contributed by atoms with Crippen molar-refractivity contribution in [2.24, 2.45) is 0 Å². The molecule has 108 valence electrons. The predicted octanol–water partition coefficient (Wildman–Crippen LogP) is -1.11. The molecule has 0 N–H and O–H groups in total. The van der Waals surface area contributed by atoms with Crippen molar-refractivity contribution >= 4 is 6.08 Å². The molecule has 0 fully saturated rings. The van der Waals surface area contributed by atoms with E-state index in [1.54, 1.807) is 25.1 Å². The smallest absolute Gasteiger partial charge is 0.389 e. The zero-order chi connectivity index (χ0) is 14.5. The van der Waals surface area contributed by atoms with Gasteiger partial charge in [-0.3, -0.25) is 0 Å². The second kappa shape index (κ2) is 4.24. The van der Waals surface area contributed by atoms with Crippen molar-refractivity contribution in [3.8, 4) is 11.5 Å². The highest BCUT2D eigenvalue weighted by Gasteiger charge is 2.52. The third-order valence-electron chi connectivity index (χ3n) is 2.98. The van der Waals surface area contributed by atoms with Crippen molar-refractivity contribution in [1.29, 1.82) is 0 Å². The third kappa shape index (κ3) is 2.19. The zero-order valence-corrected chi connectivity index (χ0v) is 11.4. The van der Waals surface area contributed by atoms with Gasteiger partial charge in [-0.1, -0.05) is 6.07 Å². The van der Waals surface area contributed by atoms with Crippen LogP contribution in [0, 0.1) is 10.2 Å². The lowest BCUT2D eigenvalue weighted by Crippen LogP contribution is -2.64. The minimum Gasteiger partial charge on any atom is -0.454 e. The minimum atomic E-state index is -4.67. The summed E-state index contributed by atoms with van der Waals surface area (Å²) < 4.78 is 53.4. The molecule has 0 radical (unpaired) electrons. The van der Waals surface area contributed by atoms with Gasteiger partial charge in [-0.05, 0) is 24.6 Å². The van der Waals surface area contributed by atoms with Gasteiger partial charge in [-0.15, -0.1) is 0 Å². The summed E-state index contributed by atoms with van der Waals surface area (Å²) in [5.74, 6) is -0.629. The molecule has 20 heavy (non-hydrogen) atoms. The van der Waals surface area contributed by atoms with Crippen molar-refractivity contribution in [3.05, 3.63) is 29.0 Å². The fraction of sp³-hybridized carbons (Fsp3) is 0.333. The molecular weight excluding hydrogens is 292 g/mol. The van der Waals surface area contributed by atoms with Crippen molar-refractivity contribution in [3.63, 3.8) is 0 Å². The summed E-state index contributed by atoms with van der Waals surface area (Å²) in [7, 11) is -4.67. The number of ether oxygens (including phenoxy) is 3. The number of halogens is 1. The fourth-order valence-electron chi connectivity index (χ4n) is 2.42. The molecule has 0 aromatic heterocycles. The maximum Gasteiger partial charge on any atom is 0.389 e. The highest BCUT2D eigenvalue weighted by Crippen LogP contribution is 2.48. The summed E-state index contributed by atoms with van der Waals surface area (Å²) >= 11 is 0. The van der Waals surface area contributed by atoms with Crippen LogP contribution < -0.4 is 23.5 Å². The standard InChI is InChI=1S/C12H11ClO7/c1-7-5-8-3-4-9-11(18-6-17-9)10(8)12(2,19-7)20-13(14,15)16/h3-5H,6H2,1-2H3. The molecule has 0 bridgehead atoms. The van der Waals surface area contributed by atoms with E-state index in [-0.39, 0.29) is 6.79 Å². The molecule has 1 aromatic carbocycles. The quantitative estimate of drug-likeness (QED) is 0.682. The Kier molecular flexibility index (Phi) is 2.86. The number of rotatable bonds is 2. The van der Waals surface area contributed by atoms with E-state index >= 15 is 0 Å². The van der Waals surface area contributed by atoms with E-state index in [2.05, 4.69) is 4.29 Å². The number of benzene rings is 1. The molecule has 0 saturated carbocycles. The van der Waals surface area contributed by atoms with E-state index < -0.39 is 16.0 Å². The lowest BCUT2D eigenvalue weighted by Gasteiger charge is -2.31. The number of fused-ring (bicyclic) bond motifs is 3. The maximum absolute atomic E-state index is 10.9. The van der Waals surface area contributed by atoms with Crippen molar-refractivity contribution < 1.29 is 42.7 Å². The SMILES string of the molecule is CC1=Cc2ccc3c(c2C(C)(O[Cl+3]([O-])([O-])[O-])O1)OCO3. The second-order valence-corrected chi connectivity index (χ2v) is 5.43. The van der Waals surface area contributed by atoms with Gasteiger partial charge in [0.1, 0.15) is 4.29 Å². The third-order valence-corrected chi connectivity index (χ3v) is 3.47. The maximum atomic E-state index is 10.9. The highest BCUT2D eigenvalue weighted by molar-refractivity contribution is 5.66. The van der Waals surface area contributed by atoms with Gasteiger partial charge in [0.2, 0.25) is 6.79 Å². The average Bonchev–Trinajstić information content (AvgIpc) is 2.72. The Bertz CT molecular complexity index is 592. The van der Waals surface area contributed by atoms with Crippen LogP contribution in [0.4, 0.5) is 0 Å². The van der Waals surface area contributed by atoms with E-state index in [1.807, 2.05) is 0 Å². The van der Waals surface area contributed by atoms with Gasteiger partial charge in [0.05, 0.1) is 21.6 Å². The van der Waals surface area contributed by atoms with Gasteiger partial charge in [-0.25, -0.2) is 0 Å². The average molecular weight is 303 g/mol. The molecule has 0 saturated heterocycles. The van der Waals surface area contributed by atoms with Gasteiger partial charge in [-0.2, -0.15) is 14.0 Å². The van der Waals surface area contributed by atoms with Gasteiger partial charge >= 0.3 is 5.79 Å². The Morgan fingerprint density at radius 1 is 1.25 bits per heavy atom. The lowest BCUT2D eigenvalue weighted by atomic mass is 9.96. The number of hydrogen-bond acceptors (Lipinski definition) is 7. The van der Waals surface area contributed by atoms with Gasteiger partial charge < -0.3 is 14.2 Å². The van der Waals surface area contributed by atoms with Crippen LogP contribution in [-0.2, 0) is 14.8 Å². The monoisotopic (exact) mass is 302 g/mol. The van der Waals surface area contributed by atoms with Gasteiger partial charge in [0.15, 0.2) is 11.5 Å². The van der Waals surface area contributed by atoms with Gasteiger partial charge in [0.25, 0.3) is 0 Å². The van der Waals surface area contributed by atoms with Crippen LogP contribution >= 0.6 is 0 Å². The van der Waals surface area contributed by atoms with Crippen LogP contribution in [-0.4, -0.2) is 6.79 Å². The molecule has 0 aliphatic carbocycles. The molecule has 8 heteroatoms. The Labute approximate surface area is 116 Å². The van der Waals surface area contributed by atoms with Crippen LogP contribution in [0.25, 0.3) is 6.08 Å². The first kappa shape index (κ1) is 13.5. The van der Waals surface area contributed by atoms with Crippen LogP contribution in [0.3, 0.4) is 0 Å². The molecule has 1 aromatic rings. The molecule has 0 spiro atoms. The van der Waals surface area contributed by atoms with E-state index in [0.717, 1.165) is 0 Å². The van der Waals surface area contributed by atoms with Crippen LogP contribution in [0.15, 0.2) is 17.9 Å². The Hall–Kier alpha value is -1.51. The molecule has 0 amide bonds.